The van der Waals surface area contributed by atoms with Crippen molar-refractivity contribution in [3.05, 3.63) is 69.5 Å². The molecule has 6 heteroatoms. The highest BCUT2D eigenvalue weighted by Gasteiger charge is 2.22. The first kappa shape index (κ1) is 15.2. The number of hydrogen-bond donors (Lipinski definition) is 2. The standard InChI is InChI=1S/C18H14ClN3OS/c19-11-5-7-12(8-6-11)21-17(24)15-13-3-1-2-4-14(13)18(23)22-10-9-20-16(15)22/h1-8,20H,9-10H2,(H,21,24). The van der Waals surface area contributed by atoms with E-state index in [4.69, 9.17) is 23.8 Å². The number of thiocarbonyl (C=S) groups is 1. The summed E-state index contributed by atoms with van der Waals surface area (Å²) >= 11 is 11.6. The first-order chi connectivity index (χ1) is 11.6. The summed E-state index contributed by atoms with van der Waals surface area (Å²) in [5, 5.41) is 8.74. The Morgan fingerprint density at radius 3 is 2.58 bits per heavy atom. The summed E-state index contributed by atoms with van der Waals surface area (Å²) in [5.74, 6) is 0.783. The maximum Gasteiger partial charge on any atom is 0.260 e. The molecule has 2 aromatic carbocycles. The van der Waals surface area contributed by atoms with E-state index in [9.17, 15) is 4.79 Å². The summed E-state index contributed by atoms with van der Waals surface area (Å²) in [6.45, 7) is 1.37. The van der Waals surface area contributed by atoms with E-state index in [-0.39, 0.29) is 5.56 Å². The first-order valence-corrected chi connectivity index (χ1v) is 8.40. The van der Waals surface area contributed by atoms with E-state index in [2.05, 4.69) is 10.6 Å². The van der Waals surface area contributed by atoms with Crippen LogP contribution in [0.4, 0.5) is 11.5 Å². The molecule has 120 valence electrons. The van der Waals surface area contributed by atoms with Gasteiger partial charge in [-0.15, -0.1) is 0 Å². The third-order valence-electron chi connectivity index (χ3n) is 4.14. The summed E-state index contributed by atoms with van der Waals surface area (Å²) in [4.78, 5) is 13.2. The molecule has 1 aliphatic heterocycles. The molecule has 0 amide bonds. The third kappa shape index (κ3) is 2.46. The number of pyridine rings is 1. The van der Waals surface area contributed by atoms with Crippen molar-refractivity contribution >= 4 is 51.1 Å². The number of benzene rings is 2. The van der Waals surface area contributed by atoms with Gasteiger partial charge in [0.1, 0.15) is 10.8 Å². The lowest BCUT2D eigenvalue weighted by Crippen LogP contribution is -2.22. The molecule has 2 heterocycles. The van der Waals surface area contributed by atoms with Crippen LogP contribution in [0.3, 0.4) is 0 Å². The van der Waals surface area contributed by atoms with Crippen molar-refractivity contribution in [2.75, 3.05) is 17.2 Å². The number of halogens is 1. The van der Waals surface area contributed by atoms with Crippen molar-refractivity contribution in [3.8, 4) is 0 Å². The topological polar surface area (TPSA) is 46.1 Å². The molecule has 0 saturated heterocycles. The van der Waals surface area contributed by atoms with E-state index in [1.165, 1.54) is 0 Å². The fourth-order valence-corrected chi connectivity index (χ4v) is 3.49. The van der Waals surface area contributed by atoms with Gasteiger partial charge in [-0.25, -0.2) is 0 Å². The van der Waals surface area contributed by atoms with Crippen LogP contribution in [-0.4, -0.2) is 16.1 Å². The second-order valence-corrected chi connectivity index (χ2v) is 6.46. The van der Waals surface area contributed by atoms with Gasteiger partial charge in [-0.3, -0.25) is 9.36 Å². The monoisotopic (exact) mass is 355 g/mol. The van der Waals surface area contributed by atoms with Crippen LogP contribution in [-0.2, 0) is 6.54 Å². The normalized spacial score (nSPS) is 12.7. The van der Waals surface area contributed by atoms with Gasteiger partial charge in [-0.2, -0.15) is 0 Å². The second-order valence-electron chi connectivity index (χ2n) is 5.61. The van der Waals surface area contributed by atoms with Crippen molar-refractivity contribution in [3.63, 3.8) is 0 Å². The molecule has 1 aliphatic rings. The Labute approximate surface area is 149 Å². The molecular formula is C18H14ClN3OS. The molecule has 0 spiro atoms. The summed E-state index contributed by atoms with van der Waals surface area (Å²) in [7, 11) is 0. The molecule has 0 saturated carbocycles. The Kier molecular flexibility index (Phi) is 3.75. The highest BCUT2D eigenvalue weighted by Crippen LogP contribution is 2.28. The number of fused-ring (bicyclic) bond motifs is 2. The van der Waals surface area contributed by atoms with Gasteiger partial charge in [-0.05, 0) is 30.3 Å². The predicted molar refractivity (Wildman–Crippen MR) is 103 cm³/mol. The molecule has 0 fully saturated rings. The quantitative estimate of drug-likeness (QED) is 0.685. The average molecular weight is 356 g/mol. The van der Waals surface area contributed by atoms with Crippen LogP contribution in [0.25, 0.3) is 10.8 Å². The number of rotatable bonds is 2. The fraction of sp³-hybridized carbons (Fsp3) is 0.111. The lowest BCUT2D eigenvalue weighted by molar-refractivity contribution is 0.780. The Bertz CT molecular complexity index is 1010. The lowest BCUT2D eigenvalue weighted by atomic mass is 10.1. The van der Waals surface area contributed by atoms with Crippen molar-refractivity contribution < 1.29 is 0 Å². The van der Waals surface area contributed by atoms with Crippen molar-refractivity contribution in [2.24, 2.45) is 0 Å². The van der Waals surface area contributed by atoms with E-state index >= 15 is 0 Å². The minimum Gasteiger partial charge on any atom is -0.369 e. The van der Waals surface area contributed by atoms with E-state index in [1.54, 1.807) is 4.57 Å². The van der Waals surface area contributed by atoms with Gasteiger partial charge in [0.05, 0.1) is 5.56 Å². The zero-order valence-electron chi connectivity index (χ0n) is 12.7. The van der Waals surface area contributed by atoms with Gasteiger partial charge >= 0.3 is 0 Å². The smallest absolute Gasteiger partial charge is 0.260 e. The molecule has 24 heavy (non-hydrogen) atoms. The van der Waals surface area contributed by atoms with Crippen molar-refractivity contribution in [1.29, 1.82) is 0 Å². The SMILES string of the molecule is O=c1c2ccccc2c(C(=S)Nc2ccc(Cl)cc2)c2n1CCN2. The zero-order valence-corrected chi connectivity index (χ0v) is 14.2. The molecule has 0 unspecified atom stereocenters. The van der Waals surface area contributed by atoms with Crippen LogP contribution in [0.15, 0.2) is 53.3 Å². The fourth-order valence-electron chi connectivity index (χ4n) is 3.04. The number of anilines is 2. The molecule has 3 aromatic rings. The molecular weight excluding hydrogens is 342 g/mol. The minimum absolute atomic E-state index is 0.0173. The van der Waals surface area contributed by atoms with Crippen LogP contribution >= 0.6 is 23.8 Å². The van der Waals surface area contributed by atoms with Crippen molar-refractivity contribution in [1.82, 2.24) is 4.57 Å². The second kappa shape index (κ2) is 5.92. The van der Waals surface area contributed by atoms with E-state index in [0.717, 1.165) is 29.0 Å². The Morgan fingerprint density at radius 2 is 1.83 bits per heavy atom. The summed E-state index contributed by atoms with van der Waals surface area (Å²) in [6, 6.07) is 14.9. The third-order valence-corrected chi connectivity index (χ3v) is 4.69. The van der Waals surface area contributed by atoms with Gasteiger partial charge in [0.25, 0.3) is 5.56 Å². The Morgan fingerprint density at radius 1 is 1.12 bits per heavy atom. The maximum atomic E-state index is 12.6. The predicted octanol–water partition coefficient (Wildman–Crippen LogP) is 3.87. The molecule has 2 N–H and O–H groups in total. The first-order valence-electron chi connectivity index (χ1n) is 7.61. The number of nitrogens with zero attached hydrogens (tertiary/aromatic N) is 1. The van der Waals surface area contributed by atoms with Gasteiger partial charge in [-0.1, -0.05) is 42.0 Å². The van der Waals surface area contributed by atoms with E-state index < -0.39 is 0 Å². The van der Waals surface area contributed by atoms with Crippen LogP contribution in [0.5, 0.6) is 0 Å². The van der Waals surface area contributed by atoms with Crippen LogP contribution in [0.2, 0.25) is 5.02 Å². The molecule has 0 bridgehead atoms. The van der Waals surface area contributed by atoms with Crippen LogP contribution in [0, 0.1) is 0 Å². The van der Waals surface area contributed by atoms with E-state index in [0.29, 0.717) is 21.9 Å². The summed E-state index contributed by atoms with van der Waals surface area (Å²) < 4.78 is 1.76. The molecule has 0 aliphatic carbocycles. The lowest BCUT2D eigenvalue weighted by Gasteiger charge is -2.16. The number of hydrogen-bond acceptors (Lipinski definition) is 3. The molecule has 4 nitrogen and oxygen atoms in total. The summed E-state index contributed by atoms with van der Waals surface area (Å²) in [5.41, 5.74) is 1.73. The van der Waals surface area contributed by atoms with Gasteiger partial charge in [0, 0.05) is 34.6 Å². The highest BCUT2D eigenvalue weighted by molar-refractivity contribution is 7.81. The van der Waals surface area contributed by atoms with Gasteiger partial charge in [0.2, 0.25) is 0 Å². The largest absolute Gasteiger partial charge is 0.369 e. The van der Waals surface area contributed by atoms with Gasteiger partial charge in [0.15, 0.2) is 0 Å². The van der Waals surface area contributed by atoms with Crippen molar-refractivity contribution in [2.45, 2.75) is 6.54 Å². The molecule has 4 rings (SSSR count). The Hall–Kier alpha value is -2.37. The Balaban J connectivity index is 1.87. The highest BCUT2D eigenvalue weighted by atomic mass is 35.5. The number of nitrogens with one attached hydrogen (secondary N) is 2. The summed E-state index contributed by atoms with van der Waals surface area (Å²) in [6.07, 6.45) is 0. The zero-order chi connectivity index (χ0) is 16.7. The van der Waals surface area contributed by atoms with Gasteiger partial charge < -0.3 is 10.6 Å². The minimum atomic E-state index is 0.0173. The number of aromatic nitrogens is 1. The molecule has 1 aromatic heterocycles. The molecule has 0 atom stereocenters. The van der Waals surface area contributed by atoms with Crippen LogP contribution in [0.1, 0.15) is 5.56 Å². The average Bonchev–Trinajstić information content (AvgIpc) is 3.07. The van der Waals surface area contributed by atoms with Crippen LogP contribution < -0.4 is 16.2 Å². The molecule has 0 radical (unpaired) electrons. The van der Waals surface area contributed by atoms with E-state index in [1.807, 2.05) is 48.5 Å². The maximum absolute atomic E-state index is 12.6.